The second-order valence-corrected chi connectivity index (χ2v) is 5.34. The van der Waals surface area contributed by atoms with E-state index >= 15 is 0 Å². The van der Waals surface area contributed by atoms with Crippen molar-refractivity contribution in [3.8, 4) is 0 Å². The summed E-state index contributed by atoms with van der Waals surface area (Å²) in [6, 6.07) is 11.0. The number of carbonyl (C=O) groups is 1. The normalized spacial score (nSPS) is 23.1. The van der Waals surface area contributed by atoms with Gasteiger partial charge in [-0.25, -0.2) is 0 Å². The Bertz CT molecular complexity index is 414. The third-order valence-corrected chi connectivity index (χ3v) is 3.93. The second-order valence-electron chi connectivity index (χ2n) is 5.34. The number of rotatable bonds is 4. The Kier molecular flexibility index (Phi) is 3.22. The summed E-state index contributed by atoms with van der Waals surface area (Å²) in [5.74, 6) is 0.575. The highest BCUT2D eigenvalue weighted by molar-refractivity contribution is 5.80. The van der Waals surface area contributed by atoms with E-state index in [0.29, 0.717) is 12.0 Å². The summed E-state index contributed by atoms with van der Waals surface area (Å²) in [6.45, 7) is 1.90. The van der Waals surface area contributed by atoms with E-state index in [1.54, 1.807) is 0 Å². The van der Waals surface area contributed by atoms with E-state index < -0.39 is 0 Å². The number of anilines is 1. The van der Waals surface area contributed by atoms with Crippen LogP contribution in [-0.4, -0.2) is 25.0 Å². The van der Waals surface area contributed by atoms with Crippen molar-refractivity contribution >= 4 is 11.6 Å². The van der Waals surface area contributed by atoms with E-state index in [0.717, 1.165) is 25.9 Å². The van der Waals surface area contributed by atoms with Gasteiger partial charge in [0.1, 0.15) is 0 Å². The number of nitrogens with zero attached hydrogens (tertiary/aromatic N) is 1. The molecule has 18 heavy (non-hydrogen) atoms. The van der Waals surface area contributed by atoms with Crippen LogP contribution in [0.3, 0.4) is 0 Å². The van der Waals surface area contributed by atoms with E-state index in [1.165, 1.54) is 18.5 Å². The first-order chi connectivity index (χ1) is 8.84. The van der Waals surface area contributed by atoms with E-state index in [2.05, 4.69) is 34.5 Å². The highest BCUT2D eigenvalue weighted by Gasteiger charge is 2.31. The third-order valence-electron chi connectivity index (χ3n) is 3.93. The van der Waals surface area contributed by atoms with E-state index in [-0.39, 0.29) is 5.91 Å². The number of benzene rings is 1. The van der Waals surface area contributed by atoms with E-state index in [9.17, 15) is 4.79 Å². The second kappa shape index (κ2) is 5.01. The molecule has 1 amide bonds. The molecule has 2 fully saturated rings. The Morgan fingerprint density at radius 3 is 2.72 bits per heavy atom. The topological polar surface area (TPSA) is 32.3 Å². The quantitative estimate of drug-likeness (QED) is 0.880. The van der Waals surface area contributed by atoms with Crippen molar-refractivity contribution < 1.29 is 4.79 Å². The molecule has 0 spiro atoms. The third kappa shape index (κ3) is 2.50. The smallest absolute Gasteiger partial charge is 0.223 e. The lowest BCUT2D eigenvalue weighted by atomic mass is 10.2. The summed E-state index contributed by atoms with van der Waals surface area (Å²) in [5.41, 5.74) is 1.28. The summed E-state index contributed by atoms with van der Waals surface area (Å²) in [4.78, 5) is 14.1. The highest BCUT2D eigenvalue weighted by Crippen LogP contribution is 2.29. The Balaban J connectivity index is 1.59. The molecule has 3 heteroatoms. The van der Waals surface area contributed by atoms with Gasteiger partial charge in [0.25, 0.3) is 0 Å². The molecule has 1 heterocycles. The predicted octanol–water partition coefficient (Wildman–Crippen LogP) is 2.18. The zero-order valence-electron chi connectivity index (χ0n) is 10.6. The summed E-state index contributed by atoms with van der Waals surface area (Å²) in [5, 5.41) is 3.11. The summed E-state index contributed by atoms with van der Waals surface area (Å²) >= 11 is 0. The van der Waals surface area contributed by atoms with Crippen molar-refractivity contribution in [2.45, 2.75) is 31.7 Å². The van der Waals surface area contributed by atoms with Gasteiger partial charge < -0.3 is 10.2 Å². The van der Waals surface area contributed by atoms with Crippen molar-refractivity contribution in [2.24, 2.45) is 5.92 Å². The number of amides is 1. The predicted molar refractivity (Wildman–Crippen MR) is 72.5 cm³/mol. The number of hydrogen-bond donors (Lipinski definition) is 1. The van der Waals surface area contributed by atoms with Crippen LogP contribution in [-0.2, 0) is 4.79 Å². The van der Waals surface area contributed by atoms with Crippen LogP contribution < -0.4 is 10.2 Å². The Hall–Kier alpha value is -1.51. The van der Waals surface area contributed by atoms with Crippen LogP contribution in [0.2, 0.25) is 0 Å². The fourth-order valence-corrected chi connectivity index (χ4v) is 2.72. The average molecular weight is 244 g/mol. The summed E-state index contributed by atoms with van der Waals surface area (Å²) < 4.78 is 0. The molecule has 0 aromatic heterocycles. The van der Waals surface area contributed by atoms with Crippen LogP contribution in [0, 0.1) is 5.92 Å². The molecule has 1 saturated heterocycles. The largest absolute Gasteiger partial charge is 0.367 e. The van der Waals surface area contributed by atoms with Gasteiger partial charge in [-0.1, -0.05) is 18.2 Å². The van der Waals surface area contributed by atoms with Crippen LogP contribution in [0.5, 0.6) is 0 Å². The lowest BCUT2D eigenvalue weighted by Gasteiger charge is -2.27. The summed E-state index contributed by atoms with van der Waals surface area (Å²) in [7, 11) is 0. The van der Waals surface area contributed by atoms with Crippen molar-refractivity contribution in [3.05, 3.63) is 30.3 Å². The van der Waals surface area contributed by atoms with Gasteiger partial charge in [0.15, 0.2) is 0 Å². The first-order valence-electron chi connectivity index (χ1n) is 6.94. The molecule has 1 aromatic rings. The minimum atomic E-state index is 0.259. The molecule has 0 radical (unpaired) electrons. The zero-order chi connectivity index (χ0) is 12.4. The van der Waals surface area contributed by atoms with Gasteiger partial charge in [0, 0.05) is 30.7 Å². The number of para-hydroxylation sites is 1. The van der Waals surface area contributed by atoms with Gasteiger partial charge in [0.05, 0.1) is 0 Å². The average Bonchev–Trinajstić information content (AvgIpc) is 3.16. The van der Waals surface area contributed by atoms with Crippen LogP contribution in [0.15, 0.2) is 30.3 Å². The molecule has 1 N–H and O–H groups in total. The van der Waals surface area contributed by atoms with Crippen LogP contribution in [0.1, 0.15) is 25.7 Å². The molecule has 0 unspecified atom stereocenters. The Labute approximate surface area is 108 Å². The highest BCUT2D eigenvalue weighted by atomic mass is 16.2. The number of hydrogen-bond acceptors (Lipinski definition) is 2. The minimum Gasteiger partial charge on any atom is -0.367 e. The molecule has 0 bridgehead atoms. The van der Waals surface area contributed by atoms with Gasteiger partial charge in [-0.15, -0.1) is 0 Å². The molecular weight excluding hydrogens is 224 g/mol. The van der Waals surface area contributed by atoms with Crippen molar-refractivity contribution in [2.75, 3.05) is 18.0 Å². The maximum atomic E-state index is 11.7. The maximum Gasteiger partial charge on any atom is 0.223 e. The first kappa shape index (κ1) is 11.6. The van der Waals surface area contributed by atoms with Gasteiger partial charge in [0.2, 0.25) is 5.91 Å². The molecule has 2 aliphatic rings. The molecular formula is C15H20N2O. The van der Waals surface area contributed by atoms with Gasteiger partial charge in [-0.2, -0.15) is 0 Å². The standard InChI is InChI=1S/C15H20N2O/c18-15(12-8-9-12)16-11-14-7-4-10-17(14)13-5-2-1-3-6-13/h1-3,5-6,12,14H,4,7-11H2,(H,16,18)/t14-/m1/s1. The van der Waals surface area contributed by atoms with E-state index in [1.807, 2.05) is 6.07 Å². The zero-order valence-corrected chi connectivity index (χ0v) is 10.6. The summed E-state index contributed by atoms with van der Waals surface area (Å²) in [6.07, 6.45) is 4.57. The lowest BCUT2D eigenvalue weighted by Crippen LogP contribution is -2.40. The van der Waals surface area contributed by atoms with Gasteiger partial charge >= 0.3 is 0 Å². The molecule has 1 aliphatic carbocycles. The molecule has 96 valence electrons. The van der Waals surface area contributed by atoms with Gasteiger partial charge in [-0.05, 0) is 37.8 Å². The van der Waals surface area contributed by atoms with Gasteiger partial charge in [-0.3, -0.25) is 4.79 Å². The monoisotopic (exact) mass is 244 g/mol. The molecule has 1 aliphatic heterocycles. The minimum absolute atomic E-state index is 0.259. The first-order valence-corrected chi connectivity index (χ1v) is 6.94. The van der Waals surface area contributed by atoms with Crippen LogP contribution >= 0.6 is 0 Å². The van der Waals surface area contributed by atoms with Crippen LogP contribution in [0.4, 0.5) is 5.69 Å². The molecule has 3 rings (SSSR count). The van der Waals surface area contributed by atoms with E-state index in [4.69, 9.17) is 0 Å². The lowest BCUT2D eigenvalue weighted by molar-refractivity contribution is -0.122. The molecule has 1 saturated carbocycles. The molecule has 1 atom stereocenters. The molecule has 3 nitrogen and oxygen atoms in total. The Morgan fingerprint density at radius 2 is 2.00 bits per heavy atom. The fraction of sp³-hybridized carbons (Fsp3) is 0.533. The molecule has 1 aromatic carbocycles. The van der Waals surface area contributed by atoms with Crippen molar-refractivity contribution in [1.82, 2.24) is 5.32 Å². The van der Waals surface area contributed by atoms with Crippen LogP contribution in [0.25, 0.3) is 0 Å². The van der Waals surface area contributed by atoms with Crippen molar-refractivity contribution in [3.63, 3.8) is 0 Å². The van der Waals surface area contributed by atoms with Crippen molar-refractivity contribution in [1.29, 1.82) is 0 Å². The fourth-order valence-electron chi connectivity index (χ4n) is 2.72. The number of carbonyl (C=O) groups excluding carboxylic acids is 1. The Morgan fingerprint density at radius 1 is 1.22 bits per heavy atom. The maximum absolute atomic E-state index is 11.7. The SMILES string of the molecule is O=C(NC[C@H]1CCCN1c1ccccc1)C1CC1. The number of nitrogens with one attached hydrogen (secondary N) is 1.